The molecule has 0 fully saturated rings. The Labute approximate surface area is 218 Å². The van der Waals surface area contributed by atoms with Gasteiger partial charge in [-0.1, -0.05) is 51.1 Å². The van der Waals surface area contributed by atoms with E-state index in [4.69, 9.17) is 4.74 Å². The summed E-state index contributed by atoms with van der Waals surface area (Å²) in [5.74, 6) is -0.111. The topological polar surface area (TPSA) is 105 Å². The molecule has 9 heteroatoms. The van der Waals surface area contributed by atoms with Gasteiger partial charge in [-0.05, 0) is 59.0 Å². The zero-order valence-electron chi connectivity index (χ0n) is 21.7. The second-order valence-corrected chi connectivity index (χ2v) is 12.0. The van der Waals surface area contributed by atoms with Crippen molar-refractivity contribution in [1.29, 1.82) is 0 Å². The Morgan fingerprint density at radius 3 is 2.05 bits per heavy atom. The third-order valence-corrected chi connectivity index (χ3v) is 6.94. The average Bonchev–Trinajstić information content (AvgIpc) is 2.83. The lowest BCUT2D eigenvalue weighted by molar-refractivity contribution is -0.118. The number of hydrogen-bond acceptors (Lipinski definition) is 5. The number of benzene rings is 3. The molecular formula is C28H33N3O5S. The predicted molar refractivity (Wildman–Crippen MR) is 146 cm³/mol. The first kappa shape index (κ1) is 27.9. The van der Waals surface area contributed by atoms with Crippen molar-refractivity contribution in [1.82, 2.24) is 4.31 Å². The van der Waals surface area contributed by atoms with Crippen LogP contribution in [0.3, 0.4) is 0 Å². The highest BCUT2D eigenvalue weighted by Gasteiger charge is 2.15. The number of carbonyl (C=O) groups is 2. The molecule has 0 bridgehead atoms. The molecule has 0 atom stereocenters. The van der Waals surface area contributed by atoms with Gasteiger partial charge in [0.15, 0.2) is 6.61 Å². The molecule has 0 aliphatic heterocycles. The third-order valence-electron chi connectivity index (χ3n) is 5.68. The fraction of sp³-hybridized carbons (Fsp3) is 0.286. The van der Waals surface area contributed by atoms with Gasteiger partial charge in [0.25, 0.3) is 11.8 Å². The Kier molecular flexibility index (Phi) is 8.73. The van der Waals surface area contributed by atoms with Crippen LogP contribution in [-0.2, 0) is 26.8 Å². The first-order valence-corrected chi connectivity index (χ1v) is 13.6. The summed E-state index contributed by atoms with van der Waals surface area (Å²) in [6.45, 7) is 6.39. The number of nitrogens with zero attached hydrogens (tertiary/aromatic N) is 1. The summed E-state index contributed by atoms with van der Waals surface area (Å²) in [4.78, 5) is 25.0. The normalized spacial score (nSPS) is 11.7. The number of ether oxygens (including phenoxy) is 1. The van der Waals surface area contributed by atoms with Crippen LogP contribution in [0.4, 0.5) is 11.4 Å². The molecule has 196 valence electrons. The molecule has 0 heterocycles. The van der Waals surface area contributed by atoms with Crippen molar-refractivity contribution in [2.45, 2.75) is 32.7 Å². The van der Waals surface area contributed by atoms with Gasteiger partial charge in [0.05, 0.1) is 6.26 Å². The fourth-order valence-electron chi connectivity index (χ4n) is 3.41. The van der Waals surface area contributed by atoms with E-state index in [0.29, 0.717) is 22.7 Å². The van der Waals surface area contributed by atoms with Crippen LogP contribution < -0.4 is 15.4 Å². The minimum absolute atomic E-state index is 0.00571. The number of amides is 2. The molecule has 0 unspecified atom stereocenters. The molecule has 0 spiro atoms. The number of rotatable bonds is 9. The van der Waals surface area contributed by atoms with E-state index in [0.717, 1.165) is 17.4 Å². The monoisotopic (exact) mass is 523 g/mol. The summed E-state index contributed by atoms with van der Waals surface area (Å²) in [5, 5.41) is 5.61. The van der Waals surface area contributed by atoms with E-state index in [-0.39, 0.29) is 30.4 Å². The molecule has 0 aromatic heterocycles. The van der Waals surface area contributed by atoms with Gasteiger partial charge in [-0.15, -0.1) is 0 Å². The van der Waals surface area contributed by atoms with Gasteiger partial charge in [-0.25, -0.2) is 12.7 Å². The van der Waals surface area contributed by atoms with E-state index >= 15 is 0 Å². The Bertz CT molecular complexity index is 1350. The zero-order chi connectivity index (χ0) is 27.2. The number of sulfonamides is 1. The summed E-state index contributed by atoms with van der Waals surface area (Å²) in [5.41, 5.74) is 3.57. The lowest BCUT2D eigenvalue weighted by Crippen LogP contribution is -2.24. The molecule has 3 rings (SSSR count). The largest absolute Gasteiger partial charge is 0.484 e. The maximum atomic E-state index is 12.6. The molecule has 37 heavy (non-hydrogen) atoms. The molecule has 2 N–H and O–H groups in total. The lowest BCUT2D eigenvalue weighted by atomic mass is 9.87. The van der Waals surface area contributed by atoms with Crippen molar-refractivity contribution < 1.29 is 22.7 Å². The van der Waals surface area contributed by atoms with Crippen molar-refractivity contribution in [2.75, 3.05) is 30.5 Å². The summed E-state index contributed by atoms with van der Waals surface area (Å²) in [6, 6.07) is 21.2. The quantitative estimate of drug-likeness (QED) is 0.425. The first-order valence-electron chi connectivity index (χ1n) is 11.8. The summed E-state index contributed by atoms with van der Waals surface area (Å²) >= 11 is 0. The van der Waals surface area contributed by atoms with Gasteiger partial charge in [0.1, 0.15) is 5.75 Å². The highest BCUT2D eigenvalue weighted by molar-refractivity contribution is 7.88. The SMILES string of the molecule is CN(Cc1ccc(OCC(=O)Nc2cccc(NC(=O)c3ccc(C(C)(C)C)cc3)c2)cc1)S(C)(=O)=O. The van der Waals surface area contributed by atoms with Crippen LogP contribution in [0.2, 0.25) is 0 Å². The van der Waals surface area contributed by atoms with Crippen LogP contribution in [0.15, 0.2) is 72.8 Å². The Hall–Kier alpha value is -3.69. The summed E-state index contributed by atoms with van der Waals surface area (Å²) in [6.07, 6.45) is 1.15. The second kappa shape index (κ2) is 11.6. The molecule has 3 aromatic carbocycles. The Morgan fingerprint density at radius 2 is 1.49 bits per heavy atom. The van der Waals surface area contributed by atoms with Crippen molar-refractivity contribution in [2.24, 2.45) is 0 Å². The summed E-state index contributed by atoms with van der Waals surface area (Å²) < 4.78 is 29.9. The fourth-order valence-corrected chi connectivity index (χ4v) is 3.79. The van der Waals surface area contributed by atoms with Crippen molar-refractivity contribution in [3.63, 3.8) is 0 Å². The number of anilines is 2. The molecule has 3 aromatic rings. The zero-order valence-corrected chi connectivity index (χ0v) is 22.6. The van der Waals surface area contributed by atoms with E-state index in [9.17, 15) is 18.0 Å². The van der Waals surface area contributed by atoms with E-state index in [1.807, 2.05) is 12.1 Å². The number of nitrogens with one attached hydrogen (secondary N) is 2. The van der Waals surface area contributed by atoms with Gasteiger partial charge in [0.2, 0.25) is 10.0 Å². The van der Waals surface area contributed by atoms with E-state index in [1.165, 1.54) is 11.4 Å². The average molecular weight is 524 g/mol. The number of hydrogen-bond donors (Lipinski definition) is 2. The maximum absolute atomic E-state index is 12.6. The minimum atomic E-state index is -3.27. The third kappa shape index (κ3) is 8.44. The molecule has 0 aliphatic carbocycles. The van der Waals surface area contributed by atoms with Gasteiger partial charge < -0.3 is 15.4 Å². The standard InChI is InChI=1S/C28H33N3O5S/c1-28(2,3)22-13-11-21(12-14-22)27(33)30-24-8-6-7-23(17-24)29-26(32)19-36-25-15-9-20(10-16-25)18-31(4)37(5,34)35/h6-17H,18-19H2,1-5H3,(H,29,32)(H,30,33). The van der Waals surface area contributed by atoms with Crippen LogP contribution in [0, 0.1) is 0 Å². The van der Waals surface area contributed by atoms with Crippen LogP contribution in [0.1, 0.15) is 42.3 Å². The molecule has 0 aliphatic rings. The molecule has 0 radical (unpaired) electrons. The second-order valence-electron chi connectivity index (χ2n) is 9.86. The van der Waals surface area contributed by atoms with E-state index in [2.05, 4.69) is 31.4 Å². The predicted octanol–water partition coefficient (Wildman–Crippen LogP) is 4.65. The van der Waals surface area contributed by atoms with Crippen LogP contribution in [0.25, 0.3) is 0 Å². The smallest absolute Gasteiger partial charge is 0.262 e. The minimum Gasteiger partial charge on any atom is -0.484 e. The van der Waals surface area contributed by atoms with Gasteiger partial charge in [0, 0.05) is 30.5 Å². The van der Waals surface area contributed by atoms with E-state index in [1.54, 1.807) is 60.7 Å². The Morgan fingerprint density at radius 1 is 0.892 bits per heavy atom. The molecular weight excluding hydrogens is 490 g/mol. The van der Waals surface area contributed by atoms with Crippen LogP contribution in [-0.4, -0.2) is 44.4 Å². The van der Waals surface area contributed by atoms with Crippen LogP contribution in [0.5, 0.6) is 5.75 Å². The lowest BCUT2D eigenvalue weighted by Gasteiger charge is -2.19. The molecule has 2 amide bonds. The van der Waals surface area contributed by atoms with Gasteiger partial charge in [-0.3, -0.25) is 9.59 Å². The van der Waals surface area contributed by atoms with E-state index < -0.39 is 10.0 Å². The highest BCUT2D eigenvalue weighted by Crippen LogP contribution is 2.23. The summed E-state index contributed by atoms with van der Waals surface area (Å²) in [7, 11) is -1.76. The van der Waals surface area contributed by atoms with Gasteiger partial charge in [-0.2, -0.15) is 0 Å². The van der Waals surface area contributed by atoms with Crippen molar-refractivity contribution in [3.05, 3.63) is 89.5 Å². The molecule has 0 saturated heterocycles. The Balaban J connectivity index is 1.52. The van der Waals surface area contributed by atoms with Crippen molar-refractivity contribution in [3.8, 4) is 5.75 Å². The maximum Gasteiger partial charge on any atom is 0.262 e. The van der Waals surface area contributed by atoms with Crippen LogP contribution >= 0.6 is 0 Å². The van der Waals surface area contributed by atoms with Crippen molar-refractivity contribution >= 4 is 33.2 Å². The highest BCUT2D eigenvalue weighted by atomic mass is 32.2. The molecule has 0 saturated carbocycles. The van der Waals surface area contributed by atoms with Gasteiger partial charge >= 0.3 is 0 Å². The first-order chi connectivity index (χ1) is 17.3. The number of carbonyl (C=O) groups excluding carboxylic acids is 2. The molecule has 8 nitrogen and oxygen atoms in total.